The van der Waals surface area contributed by atoms with Crippen LogP contribution in [-0.2, 0) is 53.4 Å². The van der Waals surface area contributed by atoms with Crippen molar-refractivity contribution in [3.8, 4) is 34.5 Å². The molecule has 3 aliphatic rings. The smallest absolute Gasteiger partial charge is 0.302 e. The highest BCUT2D eigenvalue weighted by Gasteiger charge is 2.49. The molecule has 0 amide bonds. The topological polar surface area (TPSA) is 179 Å². The molecule has 0 N–H and O–H groups in total. The first-order valence-corrected chi connectivity index (χ1v) is 22.6. The molecule has 16 nitrogen and oxygen atoms in total. The summed E-state index contributed by atoms with van der Waals surface area (Å²) in [7, 11) is 0. The lowest BCUT2D eigenvalue weighted by atomic mass is 9.95. The van der Waals surface area contributed by atoms with Gasteiger partial charge in [-0.2, -0.15) is 0 Å². The first-order chi connectivity index (χ1) is 31.5. The zero-order valence-electron chi connectivity index (χ0n) is 36.4. The SMILES string of the molecule is CC(=O)OCCOc1ccc2c(c1OCCOC(C)=O)Sc1ccccc1OCC1COC3(OCC1CO2)c1ccccc1Sc1c3ccc(OCCOC(C)=O)c1OCCOC(C)=O. The van der Waals surface area contributed by atoms with Gasteiger partial charge in [-0.1, -0.05) is 53.9 Å². The number of hydrogen-bond donors (Lipinski definition) is 0. The molecule has 3 atom stereocenters. The number of rotatable bonds is 16. The zero-order valence-corrected chi connectivity index (χ0v) is 38.0. The summed E-state index contributed by atoms with van der Waals surface area (Å²) in [5, 5.41) is 0. The van der Waals surface area contributed by atoms with Crippen LogP contribution >= 0.6 is 23.5 Å². The third-order valence-corrected chi connectivity index (χ3v) is 12.5. The molecule has 1 spiro atoms. The van der Waals surface area contributed by atoms with E-state index in [2.05, 4.69) is 0 Å². The predicted molar refractivity (Wildman–Crippen MR) is 233 cm³/mol. The summed E-state index contributed by atoms with van der Waals surface area (Å²) in [6.45, 7) is 6.40. The number of benzene rings is 4. The van der Waals surface area contributed by atoms with Gasteiger partial charge in [0, 0.05) is 55.6 Å². The summed E-state index contributed by atoms with van der Waals surface area (Å²) in [5.41, 5.74) is 1.49. The van der Waals surface area contributed by atoms with E-state index in [1.807, 2.05) is 54.6 Å². The molecular weight excluding hydrogens is 885 g/mol. The molecule has 1 fully saturated rings. The molecule has 3 heterocycles. The van der Waals surface area contributed by atoms with Crippen molar-refractivity contribution >= 4 is 47.4 Å². The second kappa shape index (κ2) is 22.4. The Morgan fingerprint density at radius 1 is 0.492 bits per heavy atom. The normalized spacial score (nSPS) is 18.4. The Kier molecular flexibility index (Phi) is 16.2. The number of esters is 4. The average molecular weight is 935 g/mol. The summed E-state index contributed by atoms with van der Waals surface area (Å²) in [6.07, 6.45) is 0. The average Bonchev–Trinajstić information content (AvgIpc) is 3.47. The maximum atomic E-state index is 11.6. The van der Waals surface area contributed by atoms with E-state index in [-0.39, 0.29) is 91.1 Å². The number of fused-ring (bicyclic) bond motifs is 7. The van der Waals surface area contributed by atoms with Gasteiger partial charge >= 0.3 is 23.9 Å². The minimum atomic E-state index is -1.40. The van der Waals surface area contributed by atoms with E-state index >= 15 is 0 Å². The second-order valence-corrected chi connectivity index (χ2v) is 16.9. The Balaban J connectivity index is 1.23. The molecule has 18 heteroatoms. The molecule has 0 saturated carbocycles. The van der Waals surface area contributed by atoms with Crippen molar-refractivity contribution < 1.29 is 76.0 Å². The van der Waals surface area contributed by atoms with E-state index < -0.39 is 29.7 Å². The summed E-state index contributed by atoms with van der Waals surface area (Å²) in [5.74, 6) is -1.01. The van der Waals surface area contributed by atoms with Gasteiger partial charge < -0.3 is 56.8 Å². The third-order valence-electron chi connectivity index (χ3n) is 10.1. The molecule has 346 valence electrons. The number of carbonyl (C=O) groups is 4. The van der Waals surface area contributed by atoms with Crippen LogP contribution in [0.15, 0.2) is 92.4 Å². The molecule has 7 rings (SSSR count). The fraction of sp³-hybridized carbons (Fsp3) is 0.404. The Labute approximate surface area is 384 Å². The molecule has 1 saturated heterocycles. The summed E-state index contributed by atoms with van der Waals surface area (Å²) in [4.78, 5) is 49.0. The van der Waals surface area contributed by atoms with Gasteiger partial charge in [0.2, 0.25) is 5.79 Å². The van der Waals surface area contributed by atoms with E-state index in [9.17, 15) is 19.2 Å². The Hall–Kier alpha value is -5.82. The molecule has 3 unspecified atom stereocenters. The first kappa shape index (κ1) is 47.2. The molecular formula is C47H50O16S2. The van der Waals surface area contributed by atoms with Crippen molar-refractivity contribution in [2.45, 2.75) is 53.1 Å². The summed E-state index contributed by atoms with van der Waals surface area (Å²) < 4.78 is 72.8. The molecule has 4 aromatic rings. The van der Waals surface area contributed by atoms with Gasteiger partial charge in [0.25, 0.3) is 0 Å². The fourth-order valence-electron chi connectivity index (χ4n) is 7.16. The Morgan fingerprint density at radius 2 is 0.954 bits per heavy atom. The molecule has 3 aliphatic heterocycles. The Bertz CT molecular complexity index is 2340. The van der Waals surface area contributed by atoms with Gasteiger partial charge in [0.05, 0.1) is 36.2 Å². The first-order valence-electron chi connectivity index (χ1n) is 21.0. The highest BCUT2D eigenvalue weighted by atomic mass is 32.2. The quantitative estimate of drug-likeness (QED) is 0.0635. The van der Waals surface area contributed by atoms with E-state index in [1.165, 1.54) is 51.2 Å². The van der Waals surface area contributed by atoms with Crippen LogP contribution in [-0.4, -0.2) is 103 Å². The Morgan fingerprint density at radius 3 is 1.52 bits per heavy atom. The predicted octanol–water partition coefficient (Wildman–Crippen LogP) is 7.02. The number of para-hydroxylation sites is 1. The monoisotopic (exact) mass is 934 g/mol. The van der Waals surface area contributed by atoms with Crippen LogP contribution in [0, 0.1) is 11.8 Å². The van der Waals surface area contributed by atoms with E-state index in [0.717, 1.165) is 15.4 Å². The van der Waals surface area contributed by atoms with Crippen molar-refractivity contribution in [2.24, 2.45) is 11.8 Å². The number of carbonyl (C=O) groups excluding carboxylic acids is 4. The van der Waals surface area contributed by atoms with Crippen LogP contribution in [0.3, 0.4) is 0 Å². The van der Waals surface area contributed by atoms with Gasteiger partial charge in [0.1, 0.15) is 69.2 Å². The molecule has 0 bridgehead atoms. The van der Waals surface area contributed by atoms with Crippen LogP contribution in [0.25, 0.3) is 0 Å². The molecule has 0 aliphatic carbocycles. The van der Waals surface area contributed by atoms with Crippen LogP contribution in [0.5, 0.6) is 34.5 Å². The van der Waals surface area contributed by atoms with Gasteiger partial charge in [-0.25, -0.2) is 0 Å². The van der Waals surface area contributed by atoms with E-state index in [1.54, 1.807) is 18.2 Å². The fourth-order valence-corrected chi connectivity index (χ4v) is 9.47. The lowest BCUT2D eigenvalue weighted by molar-refractivity contribution is -0.212. The van der Waals surface area contributed by atoms with Crippen molar-refractivity contribution in [1.29, 1.82) is 0 Å². The van der Waals surface area contributed by atoms with Gasteiger partial charge in [0.15, 0.2) is 23.0 Å². The van der Waals surface area contributed by atoms with Crippen LogP contribution in [0.4, 0.5) is 0 Å². The van der Waals surface area contributed by atoms with Crippen LogP contribution < -0.4 is 28.4 Å². The summed E-state index contributed by atoms with van der Waals surface area (Å²) in [6, 6.07) is 22.7. The molecule has 65 heavy (non-hydrogen) atoms. The van der Waals surface area contributed by atoms with Crippen molar-refractivity contribution in [3.05, 3.63) is 83.9 Å². The molecule has 0 radical (unpaired) electrons. The standard InChI is InChI=1S/C47H50O16S2/c1-29(48)52-17-21-56-38-14-13-36-45(43(38)58-23-19-54-31(3)50)64-41-11-7-5-9-35(41)47(36)62-27-33-25-60-37-10-6-8-12-42(37)65-46-40(61-26-34(33)28-63-47)16-15-39(57-22-18-53-30(2)49)44(46)59-24-20-55-32(4)51/h5-16,33-34H,17-28H2,1-4H3. The van der Waals surface area contributed by atoms with E-state index in [0.29, 0.717) is 49.9 Å². The molecule has 4 aromatic carbocycles. The minimum absolute atomic E-state index is 0.00294. The zero-order chi connectivity index (χ0) is 45.8. The lowest BCUT2D eigenvalue weighted by Crippen LogP contribution is -2.37. The highest BCUT2D eigenvalue weighted by molar-refractivity contribution is 8.00. The van der Waals surface area contributed by atoms with E-state index in [4.69, 9.17) is 56.8 Å². The molecule has 0 aromatic heterocycles. The van der Waals surface area contributed by atoms with Gasteiger partial charge in [-0.05, 0) is 42.5 Å². The van der Waals surface area contributed by atoms with Crippen LogP contribution in [0.1, 0.15) is 38.8 Å². The van der Waals surface area contributed by atoms with Gasteiger partial charge in [-0.3, -0.25) is 19.2 Å². The van der Waals surface area contributed by atoms with Crippen LogP contribution in [0.2, 0.25) is 0 Å². The largest absolute Gasteiger partial charge is 0.492 e. The van der Waals surface area contributed by atoms with Crippen molar-refractivity contribution in [2.75, 3.05) is 79.3 Å². The minimum Gasteiger partial charge on any atom is -0.492 e. The maximum Gasteiger partial charge on any atom is 0.302 e. The summed E-state index contributed by atoms with van der Waals surface area (Å²) >= 11 is 2.84. The van der Waals surface area contributed by atoms with Crippen molar-refractivity contribution in [3.63, 3.8) is 0 Å². The lowest BCUT2D eigenvalue weighted by Gasteiger charge is -2.39. The van der Waals surface area contributed by atoms with Gasteiger partial charge in [-0.15, -0.1) is 0 Å². The maximum absolute atomic E-state index is 11.6. The van der Waals surface area contributed by atoms with Crippen molar-refractivity contribution in [1.82, 2.24) is 0 Å². The second-order valence-electron chi connectivity index (χ2n) is 14.8. The number of hydrogen-bond acceptors (Lipinski definition) is 18. The highest BCUT2D eigenvalue weighted by Crippen LogP contribution is 2.57. The number of ether oxygens (including phenoxy) is 12. The third kappa shape index (κ3) is 11.9.